The van der Waals surface area contributed by atoms with E-state index in [0.717, 1.165) is 36.6 Å². The molecule has 1 atom stereocenters. The van der Waals surface area contributed by atoms with E-state index in [0.29, 0.717) is 5.69 Å². The number of carbonyl (C=O) groups is 1. The third kappa shape index (κ3) is 7.95. The molecule has 38 heavy (non-hydrogen) atoms. The maximum Gasteiger partial charge on any atom is 0.248 e. The van der Waals surface area contributed by atoms with Gasteiger partial charge in [0.05, 0.1) is 28.6 Å². The van der Waals surface area contributed by atoms with Gasteiger partial charge in [-0.25, -0.2) is 22.2 Å². The summed E-state index contributed by atoms with van der Waals surface area (Å²) in [6, 6.07) is 9.07. The second-order valence-corrected chi connectivity index (χ2v) is 13.7. The molecular formula is C27H38F2N4O3S2. The van der Waals surface area contributed by atoms with E-state index in [1.807, 2.05) is 37.4 Å². The summed E-state index contributed by atoms with van der Waals surface area (Å²) >= 11 is 1.54. The van der Waals surface area contributed by atoms with Crippen molar-refractivity contribution < 1.29 is 22.0 Å². The minimum atomic E-state index is -3.70. The highest BCUT2D eigenvalue weighted by Gasteiger charge is 2.38. The molecule has 0 bridgehead atoms. The van der Waals surface area contributed by atoms with Crippen molar-refractivity contribution in [2.24, 2.45) is 5.92 Å². The van der Waals surface area contributed by atoms with Crippen LogP contribution in [0.1, 0.15) is 56.2 Å². The van der Waals surface area contributed by atoms with Gasteiger partial charge >= 0.3 is 0 Å². The van der Waals surface area contributed by atoms with Crippen molar-refractivity contribution in [2.75, 3.05) is 29.7 Å². The quantitative estimate of drug-likeness (QED) is 0.452. The lowest BCUT2D eigenvalue weighted by Crippen LogP contribution is -2.51. The highest BCUT2D eigenvalue weighted by molar-refractivity contribution is 7.92. The van der Waals surface area contributed by atoms with Crippen molar-refractivity contribution in [2.45, 2.75) is 76.8 Å². The summed E-state index contributed by atoms with van der Waals surface area (Å²) in [6.07, 6.45) is 1.83. The number of hydrogen-bond donors (Lipinski definition) is 1. The average Bonchev–Trinajstić information content (AvgIpc) is 3.28. The van der Waals surface area contributed by atoms with E-state index in [9.17, 15) is 22.0 Å². The Kier molecular flexibility index (Phi) is 9.41. The van der Waals surface area contributed by atoms with Crippen molar-refractivity contribution in [1.82, 2.24) is 15.2 Å². The zero-order valence-electron chi connectivity index (χ0n) is 22.1. The third-order valence-electron chi connectivity index (χ3n) is 7.62. The number of carbonyl (C=O) groups excluding carboxylic acids is 1. The fourth-order valence-corrected chi connectivity index (χ4v) is 8.01. The van der Waals surface area contributed by atoms with Crippen LogP contribution in [0.4, 0.5) is 14.5 Å². The Balaban J connectivity index is 1.33. The first kappa shape index (κ1) is 28.9. The Morgan fingerprint density at radius 1 is 1.18 bits per heavy atom. The van der Waals surface area contributed by atoms with Gasteiger partial charge in [-0.15, -0.1) is 11.3 Å². The van der Waals surface area contributed by atoms with Crippen LogP contribution in [0, 0.1) is 12.8 Å². The molecule has 1 aliphatic heterocycles. The Morgan fingerprint density at radius 2 is 1.84 bits per heavy atom. The molecule has 2 aliphatic rings. The van der Waals surface area contributed by atoms with Crippen molar-refractivity contribution >= 4 is 33.0 Å². The highest BCUT2D eigenvalue weighted by Crippen LogP contribution is 2.37. The maximum absolute atomic E-state index is 13.6. The van der Waals surface area contributed by atoms with E-state index in [1.165, 1.54) is 15.6 Å². The number of para-hydroxylation sites is 1. The molecule has 1 aromatic carbocycles. The molecule has 1 N–H and O–H groups in total. The number of piperidine rings is 1. The van der Waals surface area contributed by atoms with Crippen LogP contribution in [0.2, 0.25) is 0 Å². The van der Waals surface area contributed by atoms with Gasteiger partial charge in [0.2, 0.25) is 21.9 Å². The average molecular weight is 569 g/mol. The van der Waals surface area contributed by atoms with Crippen LogP contribution in [-0.4, -0.2) is 67.6 Å². The molecule has 1 aromatic heterocycles. The number of thiazole rings is 1. The van der Waals surface area contributed by atoms with E-state index >= 15 is 0 Å². The van der Waals surface area contributed by atoms with Gasteiger partial charge in [-0.05, 0) is 57.6 Å². The normalized spacial score (nSPS) is 20.2. The molecule has 2 heterocycles. The minimum Gasteiger partial charge on any atom is -0.353 e. The van der Waals surface area contributed by atoms with Gasteiger partial charge in [-0.2, -0.15) is 0 Å². The van der Waals surface area contributed by atoms with Gasteiger partial charge in [0, 0.05) is 49.9 Å². The summed E-state index contributed by atoms with van der Waals surface area (Å²) in [7, 11) is -3.70. The molecule has 1 saturated carbocycles. The monoisotopic (exact) mass is 568 g/mol. The van der Waals surface area contributed by atoms with Gasteiger partial charge in [0.15, 0.2) is 0 Å². The van der Waals surface area contributed by atoms with Crippen LogP contribution in [-0.2, 0) is 21.2 Å². The summed E-state index contributed by atoms with van der Waals surface area (Å²) in [5.41, 5.74) is 1.39. The van der Waals surface area contributed by atoms with E-state index in [1.54, 1.807) is 12.1 Å². The van der Waals surface area contributed by atoms with E-state index in [2.05, 4.69) is 15.2 Å². The zero-order chi connectivity index (χ0) is 27.3. The van der Waals surface area contributed by atoms with Crippen LogP contribution >= 0.6 is 11.3 Å². The molecule has 0 spiro atoms. The van der Waals surface area contributed by atoms with Crippen LogP contribution in [0.25, 0.3) is 0 Å². The smallest absolute Gasteiger partial charge is 0.248 e. The van der Waals surface area contributed by atoms with Crippen molar-refractivity contribution in [3.8, 4) is 0 Å². The molecule has 2 fully saturated rings. The zero-order valence-corrected chi connectivity index (χ0v) is 23.7. The Bertz CT molecular complexity index is 1160. The van der Waals surface area contributed by atoms with Crippen molar-refractivity contribution in [1.29, 1.82) is 0 Å². The third-order valence-corrected chi connectivity index (χ3v) is 10.4. The molecule has 1 aliphatic carbocycles. The predicted molar refractivity (Wildman–Crippen MR) is 147 cm³/mol. The summed E-state index contributed by atoms with van der Waals surface area (Å²) in [5, 5.41) is 5.98. The summed E-state index contributed by atoms with van der Waals surface area (Å²) < 4.78 is 55.8. The topological polar surface area (TPSA) is 82.6 Å². The van der Waals surface area contributed by atoms with E-state index in [-0.39, 0.29) is 68.3 Å². The van der Waals surface area contributed by atoms with E-state index < -0.39 is 15.9 Å². The summed E-state index contributed by atoms with van der Waals surface area (Å²) in [4.78, 5) is 19.1. The fourth-order valence-electron chi connectivity index (χ4n) is 5.40. The number of halogens is 2. The maximum atomic E-state index is 13.6. The summed E-state index contributed by atoms with van der Waals surface area (Å²) in [5.74, 6) is -3.08. The van der Waals surface area contributed by atoms with Gasteiger partial charge in [0.25, 0.3) is 0 Å². The molecule has 2 aromatic rings. The first-order valence-corrected chi connectivity index (χ1v) is 15.9. The molecule has 11 heteroatoms. The number of likely N-dealkylation sites (tertiary alicyclic amines) is 1. The number of alkyl halides is 2. The van der Waals surface area contributed by atoms with Gasteiger partial charge < -0.3 is 5.32 Å². The second-order valence-electron chi connectivity index (χ2n) is 10.7. The molecule has 210 valence electrons. The molecule has 0 unspecified atom stereocenters. The van der Waals surface area contributed by atoms with Crippen LogP contribution < -0.4 is 9.62 Å². The highest BCUT2D eigenvalue weighted by atomic mass is 32.2. The standard InChI is InChI=1S/C27H38F2N4O3S2/c1-20(32-14-10-23(11-15-32)31-26(34)16-24-18-37-21(2)30-24)17-33(25-6-4-3-5-7-25)38(35,36)19-22-8-12-27(28,29)13-9-22/h3-7,18,20,22-23H,8-17,19H2,1-2H3,(H,31,34)/t20-/m1/s1. The summed E-state index contributed by atoms with van der Waals surface area (Å²) in [6.45, 7) is 5.74. The molecule has 0 radical (unpaired) electrons. The fraction of sp³-hybridized carbons (Fsp3) is 0.630. The van der Waals surface area contributed by atoms with Crippen LogP contribution in [0.3, 0.4) is 0 Å². The number of sulfonamides is 1. The Morgan fingerprint density at radius 3 is 2.45 bits per heavy atom. The number of amides is 1. The number of hydrogen-bond acceptors (Lipinski definition) is 6. The van der Waals surface area contributed by atoms with Crippen LogP contribution in [0.15, 0.2) is 35.7 Å². The number of aryl methyl sites for hydroxylation is 1. The number of aromatic nitrogens is 1. The predicted octanol–water partition coefficient (Wildman–Crippen LogP) is 4.63. The molecule has 1 amide bonds. The molecule has 4 rings (SSSR count). The van der Waals surface area contributed by atoms with Crippen molar-refractivity contribution in [3.05, 3.63) is 46.4 Å². The number of nitrogens with zero attached hydrogens (tertiary/aromatic N) is 3. The largest absolute Gasteiger partial charge is 0.353 e. The lowest BCUT2D eigenvalue weighted by atomic mass is 9.88. The van der Waals surface area contributed by atoms with Gasteiger partial charge in [-0.1, -0.05) is 18.2 Å². The Hall–Kier alpha value is -2.11. The second kappa shape index (κ2) is 12.4. The number of nitrogens with one attached hydrogen (secondary N) is 1. The first-order valence-electron chi connectivity index (χ1n) is 13.4. The van der Waals surface area contributed by atoms with Gasteiger partial charge in [-0.3, -0.25) is 14.0 Å². The Labute approximate surface area is 228 Å². The molecule has 1 saturated heterocycles. The number of benzene rings is 1. The molecular weight excluding hydrogens is 530 g/mol. The lowest BCUT2D eigenvalue weighted by molar-refractivity contribution is -0.121. The first-order chi connectivity index (χ1) is 18.0. The van der Waals surface area contributed by atoms with E-state index in [4.69, 9.17) is 0 Å². The molecule has 7 nitrogen and oxygen atoms in total. The number of rotatable bonds is 10. The van der Waals surface area contributed by atoms with Crippen LogP contribution in [0.5, 0.6) is 0 Å². The van der Waals surface area contributed by atoms with Crippen molar-refractivity contribution in [3.63, 3.8) is 0 Å². The lowest BCUT2D eigenvalue weighted by Gasteiger charge is -2.39. The SMILES string of the molecule is Cc1nc(CC(=O)NC2CCN([C@H](C)CN(c3ccccc3)S(=O)(=O)CC3CCC(F)(F)CC3)CC2)cs1. The minimum absolute atomic E-state index is 0.0244. The van der Waals surface area contributed by atoms with Gasteiger partial charge in [0.1, 0.15) is 0 Å². The number of anilines is 1.